The molecule has 0 unspecified atom stereocenters. The van der Waals surface area contributed by atoms with E-state index in [1.807, 2.05) is 42.5 Å². The number of nitrogens with zero attached hydrogens (tertiary/aromatic N) is 3. The molecule has 2 heterocycles. The van der Waals surface area contributed by atoms with Gasteiger partial charge in [0.1, 0.15) is 15.8 Å². The fourth-order valence-corrected chi connectivity index (χ4v) is 2.69. The Morgan fingerprint density at radius 2 is 1.90 bits per heavy atom. The van der Waals surface area contributed by atoms with Crippen molar-refractivity contribution in [3.05, 3.63) is 58.1 Å². The summed E-state index contributed by atoms with van der Waals surface area (Å²) >= 11 is 4.95. The number of hydrogen-bond donors (Lipinski definition) is 1. The Morgan fingerprint density at radius 3 is 2.65 bits per heavy atom. The van der Waals surface area contributed by atoms with Gasteiger partial charge in [0.25, 0.3) is 0 Å². The van der Waals surface area contributed by atoms with Gasteiger partial charge in [0.05, 0.1) is 6.54 Å². The summed E-state index contributed by atoms with van der Waals surface area (Å²) in [6.07, 6.45) is 1.76. The zero-order valence-electron chi connectivity index (χ0n) is 10.5. The van der Waals surface area contributed by atoms with Crippen LogP contribution in [0.4, 0.5) is 5.82 Å². The van der Waals surface area contributed by atoms with Gasteiger partial charge < -0.3 is 5.32 Å². The summed E-state index contributed by atoms with van der Waals surface area (Å²) < 4.78 is 0.963. The molecule has 0 amide bonds. The third kappa shape index (κ3) is 3.20. The Hall–Kier alpha value is -1.79. The van der Waals surface area contributed by atoms with E-state index in [9.17, 15) is 0 Å². The fourth-order valence-electron chi connectivity index (χ4n) is 1.67. The van der Waals surface area contributed by atoms with Crippen LogP contribution in [-0.4, -0.2) is 15.2 Å². The number of rotatable bonds is 4. The molecule has 3 aromatic rings. The number of aromatic nitrogens is 3. The van der Waals surface area contributed by atoms with Gasteiger partial charge in [-0.15, -0.1) is 10.2 Å². The van der Waals surface area contributed by atoms with Crippen LogP contribution in [0.25, 0.3) is 10.6 Å². The van der Waals surface area contributed by atoms with Crippen molar-refractivity contribution in [3.63, 3.8) is 0 Å². The largest absolute Gasteiger partial charge is 0.363 e. The molecular formula is C14H11BrN4S. The molecule has 0 fully saturated rings. The second-order valence-corrected chi connectivity index (χ2v) is 6.06. The van der Waals surface area contributed by atoms with Crippen molar-refractivity contribution < 1.29 is 0 Å². The highest BCUT2D eigenvalue weighted by atomic mass is 79.9. The minimum Gasteiger partial charge on any atom is -0.363 e. The van der Waals surface area contributed by atoms with E-state index in [1.165, 1.54) is 0 Å². The topological polar surface area (TPSA) is 50.7 Å². The third-order valence-corrected chi connectivity index (χ3v) is 4.08. The standard InChI is InChI=1S/C14H11BrN4S/c15-11-6-7-12(16-8-11)17-9-13-18-19-14(20-13)10-4-2-1-3-5-10/h1-8H,9H2,(H,16,17). The number of benzene rings is 1. The molecule has 0 radical (unpaired) electrons. The summed E-state index contributed by atoms with van der Waals surface area (Å²) in [4.78, 5) is 4.26. The molecule has 20 heavy (non-hydrogen) atoms. The van der Waals surface area contributed by atoms with Crippen molar-refractivity contribution in [2.45, 2.75) is 6.54 Å². The predicted molar refractivity (Wildman–Crippen MR) is 84.6 cm³/mol. The predicted octanol–water partition coefficient (Wildman–Crippen LogP) is 3.97. The van der Waals surface area contributed by atoms with Crippen LogP contribution in [-0.2, 0) is 6.54 Å². The fraction of sp³-hybridized carbons (Fsp3) is 0.0714. The van der Waals surface area contributed by atoms with Gasteiger partial charge in [-0.1, -0.05) is 41.7 Å². The van der Waals surface area contributed by atoms with Crippen LogP contribution in [0.3, 0.4) is 0 Å². The summed E-state index contributed by atoms with van der Waals surface area (Å²) in [5, 5.41) is 13.5. The van der Waals surface area contributed by atoms with Crippen LogP contribution >= 0.6 is 27.3 Å². The van der Waals surface area contributed by atoms with Gasteiger partial charge in [0.2, 0.25) is 0 Å². The summed E-state index contributed by atoms with van der Waals surface area (Å²) in [6.45, 7) is 0.624. The van der Waals surface area contributed by atoms with E-state index >= 15 is 0 Å². The molecule has 1 N–H and O–H groups in total. The molecule has 0 spiro atoms. The van der Waals surface area contributed by atoms with Crippen LogP contribution in [0.5, 0.6) is 0 Å². The lowest BCUT2D eigenvalue weighted by molar-refractivity contribution is 0.985. The van der Waals surface area contributed by atoms with E-state index in [-0.39, 0.29) is 0 Å². The van der Waals surface area contributed by atoms with Crippen LogP contribution in [0.15, 0.2) is 53.1 Å². The number of nitrogens with one attached hydrogen (secondary N) is 1. The molecule has 6 heteroatoms. The first-order valence-electron chi connectivity index (χ1n) is 6.04. The average molecular weight is 347 g/mol. The Kier molecular flexibility index (Phi) is 4.03. The zero-order chi connectivity index (χ0) is 13.8. The molecular weight excluding hydrogens is 336 g/mol. The molecule has 0 aliphatic rings. The minimum absolute atomic E-state index is 0.624. The Bertz CT molecular complexity index is 682. The van der Waals surface area contributed by atoms with Crippen LogP contribution < -0.4 is 5.32 Å². The molecule has 3 rings (SSSR count). The summed E-state index contributed by atoms with van der Waals surface area (Å²) in [7, 11) is 0. The molecule has 4 nitrogen and oxygen atoms in total. The van der Waals surface area contributed by atoms with E-state index in [0.717, 1.165) is 25.9 Å². The summed E-state index contributed by atoms with van der Waals surface area (Å²) in [6, 6.07) is 13.9. The first-order valence-corrected chi connectivity index (χ1v) is 7.65. The van der Waals surface area contributed by atoms with E-state index in [0.29, 0.717) is 6.54 Å². The molecule has 2 aromatic heterocycles. The van der Waals surface area contributed by atoms with Crippen molar-refractivity contribution in [2.75, 3.05) is 5.32 Å². The van der Waals surface area contributed by atoms with Crippen molar-refractivity contribution in [3.8, 4) is 10.6 Å². The van der Waals surface area contributed by atoms with Gasteiger partial charge in [-0.2, -0.15) is 0 Å². The van der Waals surface area contributed by atoms with Gasteiger partial charge in [0.15, 0.2) is 0 Å². The van der Waals surface area contributed by atoms with Crippen molar-refractivity contribution in [1.82, 2.24) is 15.2 Å². The lowest BCUT2D eigenvalue weighted by atomic mass is 10.2. The van der Waals surface area contributed by atoms with Gasteiger partial charge in [-0.25, -0.2) is 4.98 Å². The molecule has 0 bridgehead atoms. The van der Waals surface area contributed by atoms with Gasteiger partial charge in [-0.05, 0) is 28.1 Å². The molecule has 100 valence electrons. The van der Waals surface area contributed by atoms with E-state index in [1.54, 1.807) is 17.5 Å². The normalized spacial score (nSPS) is 10.4. The highest BCUT2D eigenvalue weighted by molar-refractivity contribution is 9.10. The number of pyridine rings is 1. The third-order valence-electron chi connectivity index (χ3n) is 2.64. The Morgan fingerprint density at radius 1 is 1.05 bits per heavy atom. The quantitative estimate of drug-likeness (QED) is 0.776. The second-order valence-electron chi connectivity index (χ2n) is 4.08. The minimum atomic E-state index is 0.624. The number of anilines is 1. The van der Waals surface area contributed by atoms with Gasteiger partial charge in [0, 0.05) is 16.2 Å². The molecule has 1 aromatic carbocycles. The van der Waals surface area contributed by atoms with Crippen LogP contribution in [0.1, 0.15) is 5.01 Å². The number of halogens is 1. The van der Waals surface area contributed by atoms with E-state index in [2.05, 4.69) is 36.4 Å². The summed E-state index contributed by atoms with van der Waals surface area (Å²) in [5.74, 6) is 0.824. The van der Waals surface area contributed by atoms with E-state index < -0.39 is 0 Å². The Labute approximate surface area is 129 Å². The molecule has 0 aliphatic heterocycles. The van der Waals surface area contributed by atoms with Crippen molar-refractivity contribution in [2.24, 2.45) is 0 Å². The van der Waals surface area contributed by atoms with E-state index in [4.69, 9.17) is 0 Å². The maximum absolute atomic E-state index is 4.26. The van der Waals surface area contributed by atoms with Crippen molar-refractivity contribution in [1.29, 1.82) is 0 Å². The lowest BCUT2D eigenvalue weighted by Gasteiger charge is -2.01. The van der Waals surface area contributed by atoms with Gasteiger partial charge >= 0.3 is 0 Å². The van der Waals surface area contributed by atoms with Crippen molar-refractivity contribution >= 4 is 33.1 Å². The molecule has 0 saturated heterocycles. The first-order chi connectivity index (χ1) is 9.81. The highest BCUT2D eigenvalue weighted by Crippen LogP contribution is 2.23. The summed E-state index contributed by atoms with van der Waals surface area (Å²) in [5.41, 5.74) is 1.10. The van der Waals surface area contributed by atoms with Crippen LogP contribution in [0.2, 0.25) is 0 Å². The first kappa shape index (κ1) is 13.2. The smallest absolute Gasteiger partial charge is 0.147 e. The maximum atomic E-state index is 4.26. The SMILES string of the molecule is Brc1ccc(NCc2nnc(-c3ccccc3)s2)nc1. The molecule has 0 atom stereocenters. The maximum Gasteiger partial charge on any atom is 0.147 e. The molecule has 0 saturated carbocycles. The average Bonchev–Trinajstić information content (AvgIpc) is 2.97. The Balaban J connectivity index is 1.67. The van der Waals surface area contributed by atoms with Crippen LogP contribution in [0, 0.1) is 0 Å². The lowest BCUT2D eigenvalue weighted by Crippen LogP contribution is -2.00. The highest BCUT2D eigenvalue weighted by Gasteiger charge is 2.06. The monoisotopic (exact) mass is 346 g/mol. The zero-order valence-corrected chi connectivity index (χ0v) is 12.9. The number of hydrogen-bond acceptors (Lipinski definition) is 5. The molecule has 0 aliphatic carbocycles. The second kappa shape index (κ2) is 6.11. The van der Waals surface area contributed by atoms with Gasteiger partial charge in [-0.3, -0.25) is 0 Å².